The average molecular weight is 267 g/mol. The number of hydrogen-bond acceptors (Lipinski definition) is 4. The van der Waals surface area contributed by atoms with E-state index in [9.17, 15) is 14.0 Å². The summed E-state index contributed by atoms with van der Waals surface area (Å²) in [6, 6.07) is 3.69. The van der Waals surface area contributed by atoms with Gasteiger partial charge in [0, 0.05) is 13.7 Å². The zero-order valence-corrected chi connectivity index (χ0v) is 10.5. The van der Waals surface area contributed by atoms with Gasteiger partial charge in [0.1, 0.15) is 5.82 Å². The molecule has 1 aliphatic rings. The second-order valence-corrected chi connectivity index (χ2v) is 4.05. The molecule has 5 nitrogen and oxygen atoms in total. The van der Waals surface area contributed by atoms with Crippen molar-refractivity contribution in [3.05, 3.63) is 29.6 Å². The molecule has 0 atom stereocenters. The van der Waals surface area contributed by atoms with Gasteiger partial charge in [-0.1, -0.05) is 0 Å². The number of halogens is 1. The van der Waals surface area contributed by atoms with E-state index in [0.29, 0.717) is 18.9 Å². The van der Waals surface area contributed by atoms with Gasteiger partial charge in [-0.2, -0.15) is 0 Å². The Morgan fingerprint density at radius 1 is 1.21 bits per heavy atom. The van der Waals surface area contributed by atoms with Gasteiger partial charge < -0.3 is 14.4 Å². The minimum absolute atomic E-state index is 0.213. The van der Waals surface area contributed by atoms with Crippen molar-refractivity contribution >= 4 is 17.4 Å². The maximum absolute atomic E-state index is 13.2. The molecule has 0 aromatic heterocycles. The van der Waals surface area contributed by atoms with Crippen molar-refractivity contribution in [3.63, 3.8) is 0 Å². The van der Waals surface area contributed by atoms with Crippen molar-refractivity contribution in [2.45, 2.75) is 0 Å². The number of Topliss-reactive ketones (excluding diaryl/α,β-unsaturated/α-hetero) is 1. The molecule has 0 saturated heterocycles. The van der Waals surface area contributed by atoms with E-state index in [4.69, 9.17) is 9.47 Å². The Morgan fingerprint density at radius 3 is 2.74 bits per heavy atom. The molecular formula is C13H14FNO4. The molecule has 1 aromatic carbocycles. The number of hydrogen-bond donors (Lipinski definition) is 0. The third-order valence-corrected chi connectivity index (χ3v) is 2.83. The summed E-state index contributed by atoms with van der Waals surface area (Å²) in [7, 11) is 1.56. The largest absolute Gasteiger partial charge is 0.382 e. The van der Waals surface area contributed by atoms with Crippen LogP contribution in [0.2, 0.25) is 0 Å². The van der Waals surface area contributed by atoms with E-state index in [0.717, 1.165) is 0 Å². The number of anilines is 1. The molecule has 2 rings (SSSR count). The Hall–Kier alpha value is -1.79. The van der Waals surface area contributed by atoms with Crippen molar-refractivity contribution in [1.82, 2.24) is 0 Å². The summed E-state index contributed by atoms with van der Waals surface area (Å²) >= 11 is 0. The Morgan fingerprint density at radius 2 is 2.00 bits per heavy atom. The molecule has 0 spiro atoms. The molecule has 1 aliphatic heterocycles. The number of methoxy groups -OCH3 is 1. The monoisotopic (exact) mass is 267 g/mol. The quantitative estimate of drug-likeness (QED) is 0.570. The maximum Gasteiger partial charge on any atom is 0.299 e. The minimum Gasteiger partial charge on any atom is -0.382 e. The SMILES string of the molecule is COCCOCCN1C(=O)C(=O)c2ccc(F)cc21. The van der Waals surface area contributed by atoms with E-state index >= 15 is 0 Å². The molecule has 0 saturated carbocycles. The highest BCUT2D eigenvalue weighted by atomic mass is 19.1. The van der Waals surface area contributed by atoms with Gasteiger partial charge in [-0.3, -0.25) is 9.59 Å². The lowest BCUT2D eigenvalue weighted by Gasteiger charge is -2.16. The number of benzene rings is 1. The van der Waals surface area contributed by atoms with Crippen LogP contribution in [0.25, 0.3) is 0 Å². The first kappa shape index (κ1) is 13.6. The van der Waals surface area contributed by atoms with E-state index in [1.54, 1.807) is 7.11 Å². The van der Waals surface area contributed by atoms with E-state index in [2.05, 4.69) is 0 Å². The lowest BCUT2D eigenvalue weighted by molar-refractivity contribution is -0.114. The topological polar surface area (TPSA) is 55.8 Å². The highest BCUT2D eigenvalue weighted by Crippen LogP contribution is 2.29. The number of carbonyl (C=O) groups excluding carboxylic acids is 2. The van der Waals surface area contributed by atoms with Crippen molar-refractivity contribution < 1.29 is 23.5 Å². The Balaban J connectivity index is 2.04. The summed E-state index contributed by atoms with van der Waals surface area (Å²) in [6.07, 6.45) is 0. The number of ketones is 1. The van der Waals surface area contributed by atoms with Crippen LogP contribution in [0.1, 0.15) is 10.4 Å². The maximum atomic E-state index is 13.2. The lowest BCUT2D eigenvalue weighted by Crippen LogP contribution is -2.33. The standard InChI is InChI=1S/C13H14FNO4/c1-18-6-7-19-5-4-15-11-8-9(14)2-3-10(11)12(16)13(15)17/h2-3,8H,4-7H2,1H3. The van der Waals surface area contributed by atoms with Gasteiger partial charge in [-0.15, -0.1) is 0 Å². The number of ether oxygens (including phenoxy) is 2. The Bertz CT molecular complexity index is 503. The molecule has 102 valence electrons. The van der Waals surface area contributed by atoms with Crippen LogP contribution in [0.3, 0.4) is 0 Å². The van der Waals surface area contributed by atoms with Gasteiger partial charge in [0.2, 0.25) is 0 Å². The zero-order valence-electron chi connectivity index (χ0n) is 10.5. The van der Waals surface area contributed by atoms with Crippen molar-refractivity contribution in [1.29, 1.82) is 0 Å². The zero-order chi connectivity index (χ0) is 13.8. The molecule has 1 heterocycles. The third-order valence-electron chi connectivity index (χ3n) is 2.83. The number of amides is 1. The van der Waals surface area contributed by atoms with Crippen LogP contribution in [-0.4, -0.2) is 45.2 Å². The van der Waals surface area contributed by atoms with Crippen LogP contribution in [0.4, 0.5) is 10.1 Å². The van der Waals surface area contributed by atoms with Crippen LogP contribution in [-0.2, 0) is 14.3 Å². The smallest absolute Gasteiger partial charge is 0.299 e. The van der Waals surface area contributed by atoms with Crippen LogP contribution in [0, 0.1) is 5.82 Å². The highest BCUT2D eigenvalue weighted by Gasteiger charge is 2.35. The molecule has 0 radical (unpaired) electrons. The van der Waals surface area contributed by atoms with E-state index in [1.165, 1.54) is 23.1 Å². The first-order valence-electron chi connectivity index (χ1n) is 5.87. The van der Waals surface area contributed by atoms with Gasteiger partial charge in [-0.05, 0) is 18.2 Å². The molecule has 19 heavy (non-hydrogen) atoms. The second-order valence-electron chi connectivity index (χ2n) is 4.05. The van der Waals surface area contributed by atoms with Crippen molar-refractivity contribution in [3.8, 4) is 0 Å². The Labute approximate surface area is 109 Å². The van der Waals surface area contributed by atoms with Gasteiger partial charge in [0.05, 0.1) is 31.1 Å². The first-order valence-corrected chi connectivity index (χ1v) is 5.87. The molecule has 6 heteroatoms. The van der Waals surface area contributed by atoms with Crippen molar-refractivity contribution in [2.24, 2.45) is 0 Å². The third kappa shape index (κ3) is 2.80. The predicted molar refractivity (Wildman–Crippen MR) is 65.8 cm³/mol. The molecule has 0 bridgehead atoms. The normalized spacial score (nSPS) is 14.1. The summed E-state index contributed by atoms with van der Waals surface area (Å²) in [5.74, 6) is -1.73. The summed E-state index contributed by atoms with van der Waals surface area (Å²) < 4.78 is 23.2. The fourth-order valence-corrected chi connectivity index (χ4v) is 1.89. The van der Waals surface area contributed by atoms with Crippen LogP contribution >= 0.6 is 0 Å². The first-order chi connectivity index (χ1) is 9.15. The molecule has 1 aromatic rings. The second kappa shape index (κ2) is 5.90. The summed E-state index contributed by atoms with van der Waals surface area (Å²) in [6.45, 7) is 1.34. The fraction of sp³-hybridized carbons (Fsp3) is 0.385. The van der Waals surface area contributed by atoms with E-state index in [-0.39, 0.29) is 18.7 Å². The van der Waals surface area contributed by atoms with Gasteiger partial charge in [-0.25, -0.2) is 4.39 Å². The predicted octanol–water partition coefficient (Wildman–Crippen LogP) is 1.02. The van der Waals surface area contributed by atoms with Crippen LogP contribution in [0.5, 0.6) is 0 Å². The van der Waals surface area contributed by atoms with Gasteiger partial charge in [0.25, 0.3) is 11.7 Å². The Kier molecular flexibility index (Phi) is 4.24. The highest BCUT2D eigenvalue weighted by molar-refractivity contribution is 6.52. The molecular weight excluding hydrogens is 253 g/mol. The fourth-order valence-electron chi connectivity index (χ4n) is 1.89. The number of nitrogens with zero attached hydrogens (tertiary/aromatic N) is 1. The molecule has 0 N–H and O–H groups in total. The molecule has 0 aliphatic carbocycles. The number of carbonyl (C=O) groups is 2. The van der Waals surface area contributed by atoms with E-state index in [1.807, 2.05) is 0 Å². The molecule has 1 amide bonds. The summed E-state index contributed by atoms with van der Waals surface area (Å²) in [5, 5.41) is 0. The summed E-state index contributed by atoms with van der Waals surface area (Å²) in [5.41, 5.74) is 0.550. The minimum atomic E-state index is -0.643. The average Bonchev–Trinajstić information content (AvgIpc) is 2.63. The number of fused-ring (bicyclic) bond motifs is 1. The van der Waals surface area contributed by atoms with Gasteiger partial charge in [0.15, 0.2) is 0 Å². The van der Waals surface area contributed by atoms with Crippen molar-refractivity contribution in [2.75, 3.05) is 38.4 Å². The van der Waals surface area contributed by atoms with Gasteiger partial charge >= 0.3 is 0 Å². The lowest BCUT2D eigenvalue weighted by atomic mass is 10.1. The molecule has 0 unspecified atom stereocenters. The molecule has 0 fully saturated rings. The van der Waals surface area contributed by atoms with Crippen LogP contribution in [0.15, 0.2) is 18.2 Å². The van der Waals surface area contributed by atoms with Crippen LogP contribution < -0.4 is 4.90 Å². The summed E-state index contributed by atoms with van der Waals surface area (Å²) in [4.78, 5) is 24.7. The van der Waals surface area contributed by atoms with E-state index < -0.39 is 17.5 Å². The number of rotatable bonds is 6.